The summed E-state index contributed by atoms with van der Waals surface area (Å²) in [6, 6.07) is 7.93. The zero-order valence-electron chi connectivity index (χ0n) is 11.6. The second-order valence-corrected chi connectivity index (χ2v) is 5.02. The third-order valence-electron chi connectivity index (χ3n) is 2.91. The summed E-state index contributed by atoms with van der Waals surface area (Å²) in [5.41, 5.74) is 1.18. The fraction of sp³-hybridized carbons (Fsp3) is 0.600. The highest BCUT2D eigenvalue weighted by atomic mass is 35.5. The first-order valence-corrected chi connectivity index (χ1v) is 7.16. The molecule has 102 valence electrons. The van der Waals surface area contributed by atoms with Crippen LogP contribution in [-0.2, 0) is 4.74 Å². The minimum atomic E-state index is 0.101. The Hall–Kier alpha value is -0.570. The molecule has 0 fully saturated rings. The molecule has 0 saturated heterocycles. The molecular weight excluding hydrogens is 246 g/mol. The van der Waals surface area contributed by atoms with Crippen LogP contribution >= 0.6 is 11.6 Å². The minimum absolute atomic E-state index is 0.101. The SMILES string of the molecule is CCCC(C)OC(CNCC)c1ccc(Cl)cc1. The van der Waals surface area contributed by atoms with Gasteiger partial charge in [-0.2, -0.15) is 0 Å². The Morgan fingerprint density at radius 2 is 1.89 bits per heavy atom. The van der Waals surface area contributed by atoms with Crippen molar-refractivity contribution in [2.24, 2.45) is 0 Å². The minimum Gasteiger partial charge on any atom is -0.369 e. The lowest BCUT2D eigenvalue weighted by molar-refractivity contribution is -0.00696. The third kappa shape index (κ3) is 5.38. The largest absolute Gasteiger partial charge is 0.369 e. The van der Waals surface area contributed by atoms with Gasteiger partial charge in [-0.3, -0.25) is 0 Å². The van der Waals surface area contributed by atoms with E-state index in [0.717, 1.165) is 31.0 Å². The number of likely N-dealkylation sites (N-methyl/N-ethyl adjacent to an activating group) is 1. The predicted molar refractivity (Wildman–Crippen MR) is 78.2 cm³/mol. The van der Waals surface area contributed by atoms with E-state index in [0.29, 0.717) is 0 Å². The van der Waals surface area contributed by atoms with Crippen LogP contribution in [0.5, 0.6) is 0 Å². The van der Waals surface area contributed by atoms with Crippen molar-refractivity contribution >= 4 is 11.6 Å². The molecule has 2 unspecified atom stereocenters. The predicted octanol–water partition coefficient (Wildman–Crippen LogP) is 4.20. The molecule has 0 radical (unpaired) electrons. The molecule has 1 aromatic carbocycles. The van der Waals surface area contributed by atoms with Crippen molar-refractivity contribution in [3.05, 3.63) is 34.9 Å². The Labute approximate surface area is 116 Å². The fourth-order valence-electron chi connectivity index (χ4n) is 1.95. The van der Waals surface area contributed by atoms with Crippen molar-refractivity contribution in [2.75, 3.05) is 13.1 Å². The average molecular weight is 270 g/mol. The van der Waals surface area contributed by atoms with Gasteiger partial charge in [0.1, 0.15) is 0 Å². The maximum absolute atomic E-state index is 6.11. The first kappa shape index (κ1) is 15.5. The van der Waals surface area contributed by atoms with Gasteiger partial charge < -0.3 is 10.1 Å². The van der Waals surface area contributed by atoms with E-state index in [2.05, 4.69) is 26.1 Å². The van der Waals surface area contributed by atoms with Crippen molar-refractivity contribution in [3.63, 3.8) is 0 Å². The summed E-state index contributed by atoms with van der Waals surface area (Å²) in [6.45, 7) is 8.22. The Morgan fingerprint density at radius 1 is 1.22 bits per heavy atom. The molecule has 18 heavy (non-hydrogen) atoms. The second-order valence-electron chi connectivity index (χ2n) is 4.58. The highest BCUT2D eigenvalue weighted by molar-refractivity contribution is 6.30. The molecule has 0 aliphatic carbocycles. The number of hydrogen-bond acceptors (Lipinski definition) is 2. The van der Waals surface area contributed by atoms with E-state index in [1.54, 1.807) is 0 Å². The number of nitrogens with one attached hydrogen (secondary N) is 1. The summed E-state index contributed by atoms with van der Waals surface area (Å²) in [5.74, 6) is 0. The van der Waals surface area contributed by atoms with Gasteiger partial charge in [0.05, 0.1) is 12.2 Å². The number of halogens is 1. The standard InChI is InChI=1S/C15H24ClNO/c1-4-6-12(3)18-15(11-17-5-2)13-7-9-14(16)10-8-13/h7-10,12,15,17H,4-6,11H2,1-3H3. The number of rotatable bonds is 8. The number of benzene rings is 1. The molecule has 1 aromatic rings. The van der Waals surface area contributed by atoms with Crippen LogP contribution in [0.4, 0.5) is 0 Å². The summed E-state index contributed by atoms with van der Waals surface area (Å²) < 4.78 is 6.11. The molecule has 1 N–H and O–H groups in total. The van der Waals surface area contributed by atoms with Gasteiger partial charge in [0.25, 0.3) is 0 Å². The van der Waals surface area contributed by atoms with Gasteiger partial charge in [0.2, 0.25) is 0 Å². The summed E-state index contributed by atoms with van der Waals surface area (Å²) in [7, 11) is 0. The van der Waals surface area contributed by atoms with E-state index < -0.39 is 0 Å². The van der Waals surface area contributed by atoms with E-state index in [4.69, 9.17) is 16.3 Å². The van der Waals surface area contributed by atoms with Gasteiger partial charge in [0, 0.05) is 11.6 Å². The maximum Gasteiger partial charge on any atom is 0.0952 e. The van der Waals surface area contributed by atoms with Crippen molar-refractivity contribution < 1.29 is 4.74 Å². The second kappa shape index (κ2) is 8.52. The quantitative estimate of drug-likeness (QED) is 0.764. The van der Waals surface area contributed by atoms with Crippen LogP contribution in [0.3, 0.4) is 0 Å². The number of ether oxygens (including phenoxy) is 1. The first-order valence-electron chi connectivity index (χ1n) is 6.79. The van der Waals surface area contributed by atoms with Crippen molar-refractivity contribution in [3.8, 4) is 0 Å². The normalized spacial score (nSPS) is 14.4. The van der Waals surface area contributed by atoms with Crippen LogP contribution in [0, 0.1) is 0 Å². The molecule has 0 heterocycles. The van der Waals surface area contributed by atoms with Gasteiger partial charge in [-0.15, -0.1) is 0 Å². The summed E-state index contributed by atoms with van der Waals surface area (Å²) >= 11 is 5.92. The van der Waals surface area contributed by atoms with Gasteiger partial charge in [-0.25, -0.2) is 0 Å². The summed E-state index contributed by atoms with van der Waals surface area (Å²) in [5, 5.41) is 4.12. The van der Waals surface area contributed by atoms with Gasteiger partial charge in [0.15, 0.2) is 0 Å². The Kier molecular flexibility index (Phi) is 7.33. The molecule has 0 bridgehead atoms. The average Bonchev–Trinajstić information content (AvgIpc) is 2.36. The van der Waals surface area contributed by atoms with Crippen LogP contribution < -0.4 is 5.32 Å². The van der Waals surface area contributed by atoms with E-state index in [9.17, 15) is 0 Å². The monoisotopic (exact) mass is 269 g/mol. The molecule has 1 rings (SSSR count). The Bertz CT molecular complexity index is 326. The topological polar surface area (TPSA) is 21.3 Å². The van der Waals surface area contributed by atoms with Crippen molar-refractivity contribution in [1.29, 1.82) is 0 Å². The van der Waals surface area contributed by atoms with Crippen LogP contribution in [0.25, 0.3) is 0 Å². The molecule has 3 heteroatoms. The van der Waals surface area contributed by atoms with Crippen molar-refractivity contribution in [2.45, 2.75) is 45.8 Å². The smallest absolute Gasteiger partial charge is 0.0952 e. The zero-order chi connectivity index (χ0) is 13.4. The summed E-state index contributed by atoms with van der Waals surface area (Å²) in [4.78, 5) is 0. The van der Waals surface area contributed by atoms with E-state index in [-0.39, 0.29) is 12.2 Å². The first-order chi connectivity index (χ1) is 8.67. The molecule has 0 amide bonds. The van der Waals surface area contributed by atoms with E-state index in [1.807, 2.05) is 24.3 Å². The van der Waals surface area contributed by atoms with Gasteiger partial charge >= 0.3 is 0 Å². The fourth-order valence-corrected chi connectivity index (χ4v) is 2.08. The van der Waals surface area contributed by atoms with Crippen molar-refractivity contribution in [1.82, 2.24) is 5.32 Å². The Balaban J connectivity index is 2.67. The lowest BCUT2D eigenvalue weighted by Crippen LogP contribution is -2.25. The lowest BCUT2D eigenvalue weighted by Gasteiger charge is -2.23. The van der Waals surface area contributed by atoms with E-state index in [1.165, 1.54) is 5.56 Å². The van der Waals surface area contributed by atoms with Crippen LogP contribution in [0.15, 0.2) is 24.3 Å². The highest BCUT2D eigenvalue weighted by Crippen LogP contribution is 2.22. The van der Waals surface area contributed by atoms with Gasteiger partial charge in [-0.05, 0) is 37.6 Å². The van der Waals surface area contributed by atoms with Gasteiger partial charge in [-0.1, -0.05) is 44.0 Å². The molecule has 0 spiro atoms. The molecule has 0 aliphatic heterocycles. The Morgan fingerprint density at radius 3 is 2.44 bits per heavy atom. The summed E-state index contributed by atoms with van der Waals surface area (Å²) in [6.07, 6.45) is 2.63. The molecule has 0 aromatic heterocycles. The van der Waals surface area contributed by atoms with Crippen LogP contribution in [0.1, 0.15) is 45.3 Å². The molecule has 0 aliphatic rings. The number of hydrogen-bond donors (Lipinski definition) is 1. The van der Waals surface area contributed by atoms with Crippen LogP contribution in [0.2, 0.25) is 5.02 Å². The molecule has 2 atom stereocenters. The van der Waals surface area contributed by atoms with Crippen LogP contribution in [-0.4, -0.2) is 19.2 Å². The zero-order valence-corrected chi connectivity index (χ0v) is 12.3. The van der Waals surface area contributed by atoms with E-state index >= 15 is 0 Å². The lowest BCUT2D eigenvalue weighted by atomic mass is 10.1. The molecule has 2 nitrogen and oxygen atoms in total. The molecular formula is C15H24ClNO. The third-order valence-corrected chi connectivity index (χ3v) is 3.17. The maximum atomic E-state index is 6.11. The molecule has 0 saturated carbocycles. The highest BCUT2D eigenvalue weighted by Gasteiger charge is 2.14.